The van der Waals surface area contributed by atoms with Gasteiger partial charge in [0.25, 0.3) is 0 Å². The van der Waals surface area contributed by atoms with Gasteiger partial charge in [0, 0.05) is 32.7 Å². The molecule has 1 heterocycles. The van der Waals surface area contributed by atoms with Gasteiger partial charge in [0.15, 0.2) is 6.29 Å². The summed E-state index contributed by atoms with van der Waals surface area (Å²) in [6, 6.07) is 0.429. The van der Waals surface area contributed by atoms with Crippen molar-refractivity contribution in [3.8, 4) is 0 Å². The Bertz CT molecular complexity index is 131. The summed E-state index contributed by atoms with van der Waals surface area (Å²) in [6.45, 7) is 3.16. The number of hydrogen-bond donors (Lipinski definition) is 0. The number of nitrogens with zero attached hydrogens (tertiary/aromatic N) is 1. The van der Waals surface area contributed by atoms with E-state index in [1.54, 1.807) is 14.2 Å². The van der Waals surface area contributed by atoms with Crippen LogP contribution in [0.2, 0.25) is 0 Å². The Morgan fingerprint density at radius 1 is 1.23 bits per heavy atom. The summed E-state index contributed by atoms with van der Waals surface area (Å²) in [5.41, 5.74) is 0. The second-order valence-corrected chi connectivity index (χ2v) is 3.67. The Hall–Kier alpha value is -0.120. The molecule has 0 saturated carbocycles. The molecule has 1 aliphatic rings. The highest BCUT2D eigenvalue weighted by molar-refractivity contribution is 4.78. The molecule has 0 aromatic heterocycles. The van der Waals surface area contributed by atoms with Crippen molar-refractivity contribution in [1.82, 2.24) is 5.32 Å². The lowest BCUT2D eigenvalue weighted by Gasteiger charge is -2.31. The van der Waals surface area contributed by atoms with E-state index in [-0.39, 0.29) is 6.29 Å². The maximum atomic E-state index is 5.23. The van der Waals surface area contributed by atoms with Crippen molar-refractivity contribution in [3.05, 3.63) is 0 Å². The normalized spacial score (nSPS) is 26.3. The first-order valence-electron chi connectivity index (χ1n) is 5.01. The summed E-state index contributed by atoms with van der Waals surface area (Å²) in [4.78, 5) is 0. The maximum absolute atomic E-state index is 5.23. The van der Waals surface area contributed by atoms with Crippen LogP contribution in [0.1, 0.15) is 26.2 Å². The summed E-state index contributed by atoms with van der Waals surface area (Å²) < 4.78 is 10.5. The molecule has 0 N–H and O–H groups in total. The average molecular weight is 186 g/mol. The van der Waals surface area contributed by atoms with Crippen molar-refractivity contribution in [1.29, 1.82) is 0 Å². The zero-order valence-corrected chi connectivity index (χ0v) is 8.82. The Balaban J connectivity index is 2.38. The van der Waals surface area contributed by atoms with Crippen LogP contribution in [0.15, 0.2) is 0 Å². The molecule has 3 heteroatoms. The van der Waals surface area contributed by atoms with Crippen LogP contribution >= 0.6 is 0 Å². The minimum Gasteiger partial charge on any atom is -0.356 e. The fraction of sp³-hybridized carbons (Fsp3) is 1.00. The van der Waals surface area contributed by atoms with Gasteiger partial charge in [-0.3, -0.25) is 0 Å². The van der Waals surface area contributed by atoms with E-state index in [0.717, 1.165) is 6.54 Å². The number of piperidine rings is 1. The van der Waals surface area contributed by atoms with Gasteiger partial charge in [0.1, 0.15) is 0 Å². The van der Waals surface area contributed by atoms with Gasteiger partial charge < -0.3 is 9.47 Å². The third-order valence-corrected chi connectivity index (χ3v) is 2.77. The van der Waals surface area contributed by atoms with E-state index in [9.17, 15) is 0 Å². The summed E-state index contributed by atoms with van der Waals surface area (Å²) in [7, 11) is 3.38. The van der Waals surface area contributed by atoms with Crippen molar-refractivity contribution in [3.63, 3.8) is 0 Å². The number of rotatable bonds is 4. The van der Waals surface area contributed by atoms with E-state index in [1.807, 2.05) is 0 Å². The van der Waals surface area contributed by atoms with Crippen molar-refractivity contribution in [2.75, 3.05) is 20.8 Å². The van der Waals surface area contributed by atoms with Crippen LogP contribution in [0, 0.1) is 5.92 Å². The minimum absolute atomic E-state index is 0.105. The lowest BCUT2D eigenvalue weighted by molar-refractivity contribution is -0.141. The average Bonchev–Trinajstić information content (AvgIpc) is 2.21. The Morgan fingerprint density at radius 3 is 2.38 bits per heavy atom. The van der Waals surface area contributed by atoms with Gasteiger partial charge >= 0.3 is 0 Å². The molecule has 0 spiro atoms. The van der Waals surface area contributed by atoms with Crippen LogP contribution in [-0.2, 0) is 9.47 Å². The Labute approximate surface area is 80.8 Å². The third kappa shape index (κ3) is 2.93. The zero-order chi connectivity index (χ0) is 9.68. The standard InChI is InChI=1S/C10H20NO2/c1-8(10(12-2)13-3)9-6-4-5-7-11-9/h8-10H,4-7H2,1-3H3. The number of methoxy groups -OCH3 is 2. The number of ether oxygens (including phenoxy) is 2. The topological polar surface area (TPSA) is 32.6 Å². The summed E-state index contributed by atoms with van der Waals surface area (Å²) in [6.07, 6.45) is 3.61. The van der Waals surface area contributed by atoms with E-state index in [2.05, 4.69) is 12.2 Å². The molecule has 2 atom stereocenters. The zero-order valence-electron chi connectivity index (χ0n) is 8.82. The van der Waals surface area contributed by atoms with Crippen LogP contribution in [0.25, 0.3) is 0 Å². The first-order valence-corrected chi connectivity index (χ1v) is 5.01. The van der Waals surface area contributed by atoms with Gasteiger partial charge in [-0.25, -0.2) is 5.32 Å². The Morgan fingerprint density at radius 2 is 1.92 bits per heavy atom. The highest BCUT2D eigenvalue weighted by atomic mass is 16.7. The summed E-state index contributed by atoms with van der Waals surface area (Å²) in [5, 5.41) is 4.59. The minimum atomic E-state index is -0.105. The van der Waals surface area contributed by atoms with Crippen molar-refractivity contribution in [2.24, 2.45) is 5.92 Å². The Kier molecular flexibility index (Phi) is 4.70. The van der Waals surface area contributed by atoms with Crippen LogP contribution < -0.4 is 5.32 Å². The second-order valence-electron chi connectivity index (χ2n) is 3.67. The van der Waals surface area contributed by atoms with Crippen molar-refractivity contribution >= 4 is 0 Å². The molecule has 1 rings (SSSR count). The van der Waals surface area contributed by atoms with Crippen LogP contribution in [-0.4, -0.2) is 33.1 Å². The van der Waals surface area contributed by atoms with E-state index in [4.69, 9.17) is 9.47 Å². The SMILES string of the molecule is COC(OC)C(C)C1CCCC[N]1. The maximum Gasteiger partial charge on any atom is 0.160 e. The molecule has 0 amide bonds. The molecule has 1 saturated heterocycles. The van der Waals surface area contributed by atoms with Crippen molar-refractivity contribution in [2.45, 2.75) is 38.5 Å². The highest BCUT2D eigenvalue weighted by Gasteiger charge is 2.27. The summed E-state index contributed by atoms with van der Waals surface area (Å²) >= 11 is 0. The van der Waals surface area contributed by atoms with Gasteiger partial charge in [-0.1, -0.05) is 13.3 Å². The van der Waals surface area contributed by atoms with Crippen LogP contribution in [0.3, 0.4) is 0 Å². The molecule has 0 bridgehead atoms. The fourth-order valence-electron chi connectivity index (χ4n) is 1.95. The summed E-state index contributed by atoms with van der Waals surface area (Å²) in [5.74, 6) is 0.371. The monoisotopic (exact) mass is 186 g/mol. The van der Waals surface area contributed by atoms with Crippen LogP contribution in [0.5, 0.6) is 0 Å². The molecule has 3 nitrogen and oxygen atoms in total. The van der Waals surface area contributed by atoms with E-state index < -0.39 is 0 Å². The molecule has 1 radical (unpaired) electrons. The molecule has 0 aromatic carbocycles. The quantitative estimate of drug-likeness (QED) is 0.622. The van der Waals surface area contributed by atoms with Gasteiger partial charge in [0.2, 0.25) is 0 Å². The lowest BCUT2D eigenvalue weighted by Crippen LogP contribution is -2.40. The number of hydrogen-bond acceptors (Lipinski definition) is 2. The lowest BCUT2D eigenvalue weighted by atomic mass is 9.93. The van der Waals surface area contributed by atoms with Crippen molar-refractivity contribution < 1.29 is 9.47 Å². The largest absolute Gasteiger partial charge is 0.356 e. The molecular weight excluding hydrogens is 166 g/mol. The molecule has 1 fully saturated rings. The first kappa shape index (κ1) is 11.0. The van der Waals surface area contributed by atoms with Gasteiger partial charge in [-0.15, -0.1) is 0 Å². The molecule has 2 unspecified atom stereocenters. The van der Waals surface area contributed by atoms with Gasteiger partial charge in [-0.2, -0.15) is 0 Å². The molecule has 77 valence electrons. The van der Waals surface area contributed by atoms with Crippen LogP contribution in [0.4, 0.5) is 0 Å². The second kappa shape index (κ2) is 5.58. The van der Waals surface area contributed by atoms with E-state index in [1.165, 1.54) is 19.3 Å². The van der Waals surface area contributed by atoms with E-state index in [0.29, 0.717) is 12.0 Å². The van der Waals surface area contributed by atoms with Gasteiger partial charge in [0.05, 0.1) is 0 Å². The third-order valence-electron chi connectivity index (χ3n) is 2.77. The molecule has 0 aliphatic carbocycles. The molecule has 1 aliphatic heterocycles. The predicted molar refractivity (Wildman–Crippen MR) is 51.6 cm³/mol. The highest BCUT2D eigenvalue weighted by Crippen LogP contribution is 2.20. The van der Waals surface area contributed by atoms with E-state index >= 15 is 0 Å². The molecule has 0 aromatic rings. The molecular formula is C10H20NO2. The fourth-order valence-corrected chi connectivity index (χ4v) is 1.95. The van der Waals surface area contributed by atoms with Gasteiger partial charge in [-0.05, 0) is 12.8 Å². The first-order chi connectivity index (χ1) is 6.29. The smallest absolute Gasteiger partial charge is 0.160 e. The molecule has 13 heavy (non-hydrogen) atoms. The predicted octanol–water partition coefficient (Wildman–Crippen LogP) is 1.40.